The molecule has 1 aromatic carbocycles. The number of carbonyl (C=O) groups excluding carboxylic acids is 2. The van der Waals surface area contributed by atoms with Crippen LogP contribution >= 0.6 is 0 Å². The molecule has 0 N–H and O–H groups in total. The van der Waals surface area contributed by atoms with Crippen molar-refractivity contribution < 1.29 is 19.2 Å². The second-order valence-corrected chi connectivity index (χ2v) is 4.59. The maximum absolute atomic E-state index is 12.1. The van der Waals surface area contributed by atoms with Gasteiger partial charge in [0, 0.05) is 14.1 Å². The Morgan fingerprint density at radius 3 is 2.33 bits per heavy atom. The van der Waals surface area contributed by atoms with E-state index in [1.54, 1.807) is 7.05 Å². The molecule has 0 bridgehead atoms. The van der Waals surface area contributed by atoms with Crippen LogP contribution in [0.25, 0.3) is 0 Å². The van der Waals surface area contributed by atoms with E-state index in [1.807, 2.05) is 37.3 Å². The number of rotatable bonds is 6. The maximum atomic E-state index is 12.1. The number of carbonyl (C=O) groups is 2. The van der Waals surface area contributed by atoms with Crippen LogP contribution in [-0.2, 0) is 21.0 Å². The molecule has 21 heavy (non-hydrogen) atoms. The molecule has 0 saturated carbocycles. The Hall–Kier alpha value is -2.08. The number of benzene rings is 1. The van der Waals surface area contributed by atoms with Gasteiger partial charge in [-0.05, 0) is 12.0 Å². The molecule has 1 aromatic rings. The SMILES string of the molecule is CC[C@@H](C(=O)N(C)OC)N(C)C(=O)OCc1ccccc1. The van der Waals surface area contributed by atoms with Crippen molar-refractivity contribution >= 4 is 12.0 Å². The lowest BCUT2D eigenvalue weighted by Gasteiger charge is -2.28. The molecule has 1 rings (SSSR count). The van der Waals surface area contributed by atoms with Crippen LogP contribution in [0.1, 0.15) is 18.9 Å². The molecule has 0 fully saturated rings. The van der Waals surface area contributed by atoms with Crippen molar-refractivity contribution in [3.8, 4) is 0 Å². The summed E-state index contributed by atoms with van der Waals surface area (Å²) in [6.07, 6.45) is -0.0627. The molecule has 0 aromatic heterocycles. The number of amides is 2. The summed E-state index contributed by atoms with van der Waals surface area (Å²) in [6, 6.07) is 8.77. The van der Waals surface area contributed by atoms with Crippen molar-refractivity contribution in [2.24, 2.45) is 0 Å². The van der Waals surface area contributed by atoms with Crippen LogP contribution < -0.4 is 0 Å². The Bertz CT molecular complexity index is 464. The zero-order chi connectivity index (χ0) is 15.8. The first-order valence-corrected chi connectivity index (χ1v) is 6.76. The van der Waals surface area contributed by atoms with Crippen LogP contribution in [0.15, 0.2) is 30.3 Å². The average molecular weight is 294 g/mol. The fourth-order valence-corrected chi connectivity index (χ4v) is 1.86. The van der Waals surface area contributed by atoms with Crippen molar-refractivity contribution in [2.75, 3.05) is 21.2 Å². The number of hydroxylamine groups is 2. The van der Waals surface area contributed by atoms with Crippen molar-refractivity contribution in [2.45, 2.75) is 26.0 Å². The van der Waals surface area contributed by atoms with E-state index in [9.17, 15) is 9.59 Å². The molecular weight excluding hydrogens is 272 g/mol. The molecule has 6 heteroatoms. The Morgan fingerprint density at radius 1 is 1.19 bits per heavy atom. The van der Waals surface area contributed by atoms with Crippen LogP contribution in [0, 0.1) is 0 Å². The van der Waals surface area contributed by atoms with Gasteiger partial charge in [-0.25, -0.2) is 9.86 Å². The molecule has 0 saturated heterocycles. The highest BCUT2D eigenvalue weighted by molar-refractivity contribution is 5.84. The largest absolute Gasteiger partial charge is 0.445 e. The first-order valence-electron chi connectivity index (χ1n) is 6.76. The highest BCUT2D eigenvalue weighted by Crippen LogP contribution is 2.09. The van der Waals surface area contributed by atoms with Crippen LogP contribution in [0.3, 0.4) is 0 Å². The molecule has 0 spiro atoms. The zero-order valence-corrected chi connectivity index (χ0v) is 12.9. The van der Waals surface area contributed by atoms with E-state index in [0.717, 1.165) is 10.6 Å². The molecule has 2 amide bonds. The molecule has 0 aliphatic rings. The number of hydrogen-bond acceptors (Lipinski definition) is 4. The fraction of sp³-hybridized carbons (Fsp3) is 0.467. The number of ether oxygens (including phenoxy) is 1. The summed E-state index contributed by atoms with van der Waals surface area (Å²) in [5.41, 5.74) is 0.896. The minimum atomic E-state index is -0.613. The molecule has 0 heterocycles. The van der Waals surface area contributed by atoms with E-state index in [0.29, 0.717) is 6.42 Å². The minimum Gasteiger partial charge on any atom is -0.445 e. The lowest BCUT2D eigenvalue weighted by atomic mass is 10.2. The monoisotopic (exact) mass is 294 g/mol. The lowest BCUT2D eigenvalue weighted by molar-refractivity contribution is -0.173. The van der Waals surface area contributed by atoms with Gasteiger partial charge in [-0.2, -0.15) is 0 Å². The minimum absolute atomic E-state index is 0.175. The Morgan fingerprint density at radius 2 is 1.81 bits per heavy atom. The lowest BCUT2D eigenvalue weighted by Crippen LogP contribution is -2.47. The first kappa shape index (κ1) is 17.0. The van der Waals surface area contributed by atoms with Gasteiger partial charge in [0.05, 0.1) is 7.11 Å². The van der Waals surface area contributed by atoms with Gasteiger partial charge < -0.3 is 4.74 Å². The van der Waals surface area contributed by atoms with Gasteiger partial charge in [-0.1, -0.05) is 37.3 Å². The summed E-state index contributed by atoms with van der Waals surface area (Å²) in [5.74, 6) is -0.292. The third kappa shape index (κ3) is 4.75. The quantitative estimate of drug-likeness (QED) is 0.753. The van der Waals surface area contributed by atoms with Crippen molar-refractivity contribution in [1.29, 1.82) is 0 Å². The van der Waals surface area contributed by atoms with Crippen molar-refractivity contribution in [3.63, 3.8) is 0 Å². The summed E-state index contributed by atoms with van der Waals surface area (Å²) in [6.45, 7) is 2.00. The smallest absolute Gasteiger partial charge is 0.410 e. The summed E-state index contributed by atoms with van der Waals surface area (Å²) in [5, 5.41) is 1.11. The topological polar surface area (TPSA) is 59.1 Å². The first-order chi connectivity index (χ1) is 10.0. The van der Waals surface area contributed by atoms with E-state index in [1.165, 1.54) is 19.1 Å². The molecule has 6 nitrogen and oxygen atoms in total. The van der Waals surface area contributed by atoms with E-state index in [4.69, 9.17) is 9.57 Å². The second-order valence-electron chi connectivity index (χ2n) is 4.59. The van der Waals surface area contributed by atoms with Crippen LogP contribution in [0.4, 0.5) is 4.79 Å². The molecule has 1 atom stereocenters. The Kier molecular flexibility index (Phi) is 6.68. The second kappa shape index (κ2) is 8.26. The third-order valence-corrected chi connectivity index (χ3v) is 3.22. The van der Waals surface area contributed by atoms with Gasteiger partial charge in [0.15, 0.2) is 0 Å². The standard InChI is InChI=1S/C15H22N2O4/c1-5-13(14(18)17(3)20-4)16(2)15(19)21-11-12-9-7-6-8-10-12/h6-10,13H,5,11H2,1-4H3/t13-/m0/s1. The summed E-state index contributed by atoms with van der Waals surface area (Å²) >= 11 is 0. The van der Waals surface area contributed by atoms with Crippen LogP contribution in [0.5, 0.6) is 0 Å². The number of likely N-dealkylation sites (N-methyl/N-ethyl adjacent to an activating group) is 2. The predicted octanol–water partition coefficient (Wildman–Crippen LogP) is 2.05. The summed E-state index contributed by atoms with van der Waals surface area (Å²) < 4.78 is 5.21. The average Bonchev–Trinajstić information content (AvgIpc) is 2.53. The van der Waals surface area contributed by atoms with Gasteiger partial charge in [0.1, 0.15) is 12.6 Å². The van der Waals surface area contributed by atoms with Gasteiger partial charge in [-0.3, -0.25) is 14.5 Å². The molecule has 116 valence electrons. The van der Waals surface area contributed by atoms with Gasteiger partial charge >= 0.3 is 6.09 Å². The number of nitrogens with zero attached hydrogens (tertiary/aromatic N) is 2. The van der Waals surface area contributed by atoms with Gasteiger partial charge in [0.2, 0.25) is 0 Å². The van der Waals surface area contributed by atoms with E-state index >= 15 is 0 Å². The highest BCUT2D eigenvalue weighted by Gasteiger charge is 2.28. The Labute approximate surface area is 125 Å². The molecule has 0 radical (unpaired) electrons. The van der Waals surface area contributed by atoms with E-state index in [2.05, 4.69) is 0 Å². The van der Waals surface area contributed by atoms with Crippen LogP contribution in [0.2, 0.25) is 0 Å². The Balaban J connectivity index is 2.61. The van der Waals surface area contributed by atoms with E-state index < -0.39 is 12.1 Å². The van der Waals surface area contributed by atoms with E-state index in [-0.39, 0.29) is 12.5 Å². The van der Waals surface area contributed by atoms with Crippen molar-refractivity contribution in [1.82, 2.24) is 9.96 Å². The van der Waals surface area contributed by atoms with Gasteiger partial charge in [-0.15, -0.1) is 0 Å². The third-order valence-electron chi connectivity index (χ3n) is 3.22. The van der Waals surface area contributed by atoms with Crippen LogP contribution in [-0.4, -0.2) is 49.2 Å². The van der Waals surface area contributed by atoms with Crippen molar-refractivity contribution in [3.05, 3.63) is 35.9 Å². The highest BCUT2D eigenvalue weighted by atomic mass is 16.7. The molecule has 0 aliphatic carbocycles. The van der Waals surface area contributed by atoms with Gasteiger partial charge in [0.25, 0.3) is 5.91 Å². The molecular formula is C15H22N2O4. The predicted molar refractivity (Wildman–Crippen MR) is 78.2 cm³/mol. The zero-order valence-electron chi connectivity index (χ0n) is 12.9. The fourth-order valence-electron chi connectivity index (χ4n) is 1.86. The molecule has 0 unspecified atom stereocenters. The summed E-state index contributed by atoms with van der Waals surface area (Å²) in [4.78, 5) is 30.3. The number of hydrogen-bond donors (Lipinski definition) is 0. The maximum Gasteiger partial charge on any atom is 0.410 e. The summed E-state index contributed by atoms with van der Waals surface area (Å²) in [7, 11) is 4.45. The molecule has 0 aliphatic heterocycles. The normalized spacial score (nSPS) is 11.6.